The quantitative estimate of drug-likeness (QED) is 0.340. The van der Waals surface area contributed by atoms with Crippen LogP contribution in [0.1, 0.15) is 23.2 Å². The Balaban J connectivity index is 1.57. The van der Waals surface area contributed by atoms with Crippen molar-refractivity contribution in [2.45, 2.75) is 25.4 Å². The van der Waals surface area contributed by atoms with Crippen molar-refractivity contribution in [2.24, 2.45) is 0 Å². The summed E-state index contributed by atoms with van der Waals surface area (Å²) < 4.78 is 2.06. The molecule has 0 fully saturated rings. The molecule has 158 valence electrons. The van der Waals surface area contributed by atoms with Crippen molar-refractivity contribution in [2.75, 3.05) is 17.2 Å². The van der Waals surface area contributed by atoms with Gasteiger partial charge in [0, 0.05) is 29.2 Å². The number of aromatic nitrogens is 3. The lowest BCUT2D eigenvalue weighted by Crippen LogP contribution is -2.32. The standard InChI is InChI=1S/C24H24N4OS2/c1-3-27(21-14-8-7-10-18(21)2)23(29)17-31-24-26-25-22(16-20-13-9-15-30-20)28(24)19-11-5-4-6-12-19/h4-15H,3,16-17H2,1-2H3. The summed E-state index contributed by atoms with van der Waals surface area (Å²) in [7, 11) is 0. The lowest BCUT2D eigenvalue weighted by Gasteiger charge is -2.22. The van der Waals surface area contributed by atoms with Crippen molar-refractivity contribution in [1.29, 1.82) is 0 Å². The maximum absolute atomic E-state index is 13.1. The first kappa shape index (κ1) is 21.3. The lowest BCUT2D eigenvalue weighted by atomic mass is 10.2. The van der Waals surface area contributed by atoms with Gasteiger partial charge in [-0.3, -0.25) is 9.36 Å². The molecule has 2 aromatic heterocycles. The number of hydrogen-bond acceptors (Lipinski definition) is 5. The number of aryl methyl sites for hydroxylation is 1. The molecule has 0 saturated heterocycles. The second-order valence-corrected chi connectivity index (χ2v) is 9.01. The number of amides is 1. The van der Waals surface area contributed by atoms with Crippen molar-refractivity contribution >= 4 is 34.7 Å². The molecule has 2 aromatic carbocycles. The average molecular weight is 449 g/mol. The van der Waals surface area contributed by atoms with Gasteiger partial charge in [-0.2, -0.15) is 0 Å². The number of thiophene rings is 1. The molecule has 0 unspecified atom stereocenters. The first-order chi connectivity index (χ1) is 15.2. The monoisotopic (exact) mass is 448 g/mol. The molecule has 0 aliphatic rings. The van der Waals surface area contributed by atoms with Gasteiger partial charge in [0.2, 0.25) is 5.91 Å². The highest BCUT2D eigenvalue weighted by atomic mass is 32.2. The van der Waals surface area contributed by atoms with E-state index in [9.17, 15) is 4.79 Å². The highest BCUT2D eigenvalue weighted by molar-refractivity contribution is 7.99. The van der Waals surface area contributed by atoms with Gasteiger partial charge < -0.3 is 4.90 Å². The van der Waals surface area contributed by atoms with Crippen LogP contribution in [0.5, 0.6) is 0 Å². The van der Waals surface area contributed by atoms with Crippen LogP contribution in [0, 0.1) is 6.92 Å². The molecule has 4 rings (SSSR count). The number of para-hydroxylation sites is 2. The van der Waals surface area contributed by atoms with Crippen LogP contribution < -0.4 is 4.90 Å². The van der Waals surface area contributed by atoms with Crippen LogP contribution in [0.25, 0.3) is 5.69 Å². The third-order valence-electron chi connectivity index (χ3n) is 4.98. The van der Waals surface area contributed by atoms with Crippen LogP contribution in [-0.4, -0.2) is 33.0 Å². The minimum absolute atomic E-state index is 0.0595. The fourth-order valence-electron chi connectivity index (χ4n) is 3.47. The van der Waals surface area contributed by atoms with E-state index < -0.39 is 0 Å². The van der Waals surface area contributed by atoms with Crippen LogP contribution in [0.2, 0.25) is 0 Å². The minimum atomic E-state index is 0.0595. The summed E-state index contributed by atoms with van der Waals surface area (Å²) in [5.41, 5.74) is 3.05. The molecule has 0 radical (unpaired) electrons. The van der Waals surface area contributed by atoms with Gasteiger partial charge >= 0.3 is 0 Å². The highest BCUT2D eigenvalue weighted by Gasteiger charge is 2.20. The Bertz CT molecular complexity index is 1140. The van der Waals surface area contributed by atoms with E-state index in [4.69, 9.17) is 0 Å². The molecule has 1 amide bonds. The van der Waals surface area contributed by atoms with E-state index in [1.54, 1.807) is 11.3 Å². The first-order valence-electron chi connectivity index (χ1n) is 10.2. The number of rotatable bonds is 8. The van der Waals surface area contributed by atoms with Crippen molar-refractivity contribution in [3.05, 3.63) is 88.4 Å². The van der Waals surface area contributed by atoms with Crippen molar-refractivity contribution in [1.82, 2.24) is 14.8 Å². The second-order valence-electron chi connectivity index (χ2n) is 7.04. The van der Waals surface area contributed by atoms with Gasteiger partial charge in [-0.05, 0) is 49.1 Å². The summed E-state index contributed by atoms with van der Waals surface area (Å²) in [5, 5.41) is 11.7. The molecule has 0 bridgehead atoms. The van der Waals surface area contributed by atoms with E-state index in [-0.39, 0.29) is 5.91 Å². The summed E-state index contributed by atoms with van der Waals surface area (Å²) in [6.45, 7) is 4.65. The number of anilines is 1. The Morgan fingerprint density at radius 1 is 1.03 bits per heavy atom. The van der Waals surface area contributed by atoms with Crippen LogP contribution in [0.15, 0.2) is 77.3 Å². The number of thioether (sulfide) groups is 1. The number of nitrogens with zero attached hydrogens (tertiary/aromatic N) is 4. The molecule has 0 aliphatic heterocycles. The van der Waals surface area contributed by atoms with Gasteiger partial charge in [-0.25, -0.2) is 0 Å². The molecule has 4 aromatic rings. The van der Waals surface area contributed by atoms with E-state index in [1.807, 2.05) is 79.4 Å². The van der Waals surface area contributed by atoms with E-state index in [2.05, 4.69) is 26.2 Å². The number of hydrogen-bond donors (Lipinski definition) is 0. The molecule has 2 heterocycles. The van der Waals surface area contributed by atoms with Gasteiger partial charge in [-0.15, -0.1) is 21.5 Å². The predicted octanol–water partition coefficient (Wildman–Crippen LogP) is 5.37. The van der Waals surface area contributed by atoms with Crippen LogP contribution in [0.4, 0.5) is 5.69 Å². The Labute approximate surface area is 190 Å². The third-order valence-corrected chi connectivity index (χ3v) is 6.77. The van der Waals surface area contributed by atoms with Gasteiger partial charge in [0.25, 0.3) is 0 Å². The normalized spacial score (nSPS) is 10.9. The topological polar surface area (TPSA) is 51.0 Å². The minimum Gasteiger partial charge on any atom is -0.312 e. The molecular weight excluding hydrogens is 424 g/mol. The van der Waals surface area contributed by atoms with Crippen LogP contribution in [0.3, 0.4) is 0 Å². The van der Waals surface area contributed by atoms with Crippen LogP contribution in [-0.2, 0) is 11.2 Å². The van der Waals surface area contributed by atoms with E-state index in [0.29, 0.717) is 18.7 Å². The molecule has 0 spiro atoms. The zero-order chi connectivity index (χ0) is 21.6. The lowest BCUT2D eigenvalue weighted by molar-refractivity contribution is -0.116. The van der Waals surface area contributed by atoms with Gasteiger partial charge in [0.1, 0.15) is 5.82 Å². The Morgan fingerprint density at radius 2 is 1.81 bits per heavy atom. The predicted molar refractivity (Wildman–Crippen MR) is 128 cm³/mol. The number of carbonyl (C=O) groups is 1. The highest BCUT2D eigenvalue weighted by Crippen LogP contribution is 2.26. The number of carbonyl (C=O) groups excluding carboxylic acids is 1. The van der Waals surface area contributed by atoms with E-state index in [0.717, 1.165) is 27.9 Å². The summed E-state index contributed by atoms with van der Waals surface area (Å²) in [6, 6.07) is 22.2. The zero-order valence-corrected chi connectivity index (χ0v) is 19.2. The van der Waals surface area contributed by atoms with Gasteiger partial charge in [-0.1, -0.05) is 54.2 Å². The molecule has 0 N–H and O–H groups in total. The van der Waals surface area contributed by atoms with Gasteiger partial charge in [0.05, 0.1) is 5.75 Å². The Morgan fingerprint density at radius 3 is 2.52 bits per heavy atom. The molecule has 31 heavy (non-hydrogen) atoms. The van der Waals surface area contributed by atoms with Crippen molar-refractivity contribution < 1.29 is 4.79 Å². The van der Waals surface area contributed by atoms with E-state index in [1.165, 1.54) is 16.6 Å². The summed E-state index contributed by atoms with van der Waals surface area (Å²) in [5.74, 6) is 1.23. The van der Waals surface area contributed by atoms with Crippen molar-refractivity contribution in [3.63, 3.8) is 0 Å². The average Bonchev–Trinajstić information content (AvgIpc) is 3.45. The first-order valence-corrected chi connectivity index (χ1v) is 12.0. The summed E-state index contributed by atoms with van der Waals surface area (Å²) in [4.78, 5) is 16.1. The molecular formula is C24H24N4OS2. The fraction of sp³-hybridized carbons (Fsp3) is 0.208. The smallest absolute Gasteiger partial charge is 0.237 e. The fourth-order valence-corrected chi connectivity index (χ4v) is 5.01. The molecule has 0 aliphatic carbocycles. The maximum Gasteiger partial charge on any atom is 0.237 e. The molecule has 0 atom stereocenters. The molecule has 7 heteroatoms. The second kappa shape index (κ2) is 9.94. The van der Waals surface area contributed by atoms with Crippen LogP contribution >= 0.6 is 23.1 Å². The third kappa shape index (κ3) is 4.89. The summed E-state index contributed by atoms with van der Waals surface area (Å²) in [6.07, 6.45) is 0.707. The number of benzene rings is 2. The molecule has 5 nitrogen and oxygen atoms in total. The Hall–Kier alpha value is -2.90. The van der Waals surface area contributed by atoms with Gasteiger partial charge in [0.15, 0.2) is 5.16 Å². The largest absolute Gasteiger partial charge is 0.312 e. The van der Waals surface area contributed by atoms with Crippen molar-refractivity contribution in [3.8, 4) is 5.69 Å². The summed E-state index contributed by atoms with van der Waals surface area (Å²) >= 11 is 3.14. The molecule has 0 saturated carbocycles. The SMILES string of the molecule is CCN(C(=O)CSc1nnc(Cc2cccs2)n1-c1ccccc1)c1ccccc1C. The zero-order valence-electron chi connectivity index (χ0n) is 17.6. The maximum atomic E-state index is 13.1. The Kier molecular flexibility index (Phi) is 6.84. The van der Waals surface area contributed by atoms with E-state index >= 15 is 0 Å².